The predicted octanol–water partition coefficient (Wildman–Crippen LogP) is 5.27. The van der Waals surface area contributed by atoms with Gasteiger partial charge in [-0.05, 0) is 71.1 Å². The summed E-state index contributed by atoms with van der Waals surface area (Å²) in [5.41, 5.74) is 0. The summed E-state index contributed by atoms with van der Waals surface area (Å²) < 4.78 is 11.0. The van der Waals surface area contributed by atoms with E-state index in [-0.39, 0.29) is 12.8 Å². The summed E-state index contributed by atoms with van der Waals surface area (Å²) in [5, 5.41) is 75.0. The van der Waals surface area contributed by atoms with Crippen molar-refractivity contribution in [2.24, 2.45) is 0 Å². The molecule has 0 aromatic heterocycles. The second kappa shape index (κ2) is 31.7. The fourth-order valence-corrected chi connectivity index (χ4v) is 6.28. The average molecular weight is 742 g/mol. The van der Waals surface area contributed by atoms with Gasteiger partial charge in [-0.15, -0.1) is 0 Å². The molecule has 11 nitrogen and oxygen atoms in total. The van der Waals surface area contributed by atoms with E-state index in [0.717, 1.165) is 44.9 Å². The highest BCUT2D eigenvalue weighted by Gasteiger charge is 2.44. The highest BCUT2D eigenvalue weighted by molar-refractivity contribution is 5.80. The molecular weight excluding hydrogens is 666 g/mol. The molecule has 0 bridgehead atoms. The number of hydrogen-bond acceptors (Lipinski definition) is 10. The molecule has 0 saturated carbocycles. The van der Waals surface area contributed by atoms with Crippen LogP contribution in [0.2, 0.25) is 0 Å². The number of nitrogens with one attached hydrogen (secondary N) is 1. The van der Waals surface area contributed by atoms with Gasteiger partial charge in [0.25, 0.3) is 0 Å². The number of rotatable bonds is 32. The lowest BCUT2D eigenvalue weighted by molar-refractivity contribution is -0.303. The smallest absolute Gasteiger partial charge is 0.249 e. The van der Waals surface area contributed by atoms with Crippen LogP contribution in [-0.2, 0) is 14.3 Å². The van der Waals surface area contributed by atoms with Gasteiger partial charge < -0.3 is 50.5 Å². The molecule has 9 atom stereocenters. The lowest BCUT2D eigenvalue weighted by Gasteiger charge is -2.40. The SMILES string of the molecule is C/C=C/CC/C=C/CCCC(O)C(O)C(COC1OC(CO)C(O)C(O)C1O)NC(=O)C(O)CCCCCC/C=C\CCCCCCCCCCC. The molecule has 8 N–H and O–H groups in total. The minimum atomic E-state index is -1.67. The van der Waals surface area contributed by atoms with Crippen molar-refractivity contribution in [3.63, 3.8) is 0 Å². The third kappa shape index (κ3) is 21.9. The van der Waals surface area contributed by atoms with Gasteiger partial charge in [0.2, 0.25) is 5.91 Å². The molecule has 304 valence electrons. The summed E-state index contributed by atoms with van der Waals surface area (Å²) in [6, 6.07) is -1.19. The van der Waals surface area contributed by atoms with Crippen LogP contribution in [0.4, 0.5) is 0 Å². The van der Waals surface area contributed by atoms with Gasteiger partial charge >= 0.3 is 0 Å². The topological polar surface area (TPSA) is 189 Å². The Morgan fingerprint density at radius 2 is 1.23 bits per heavy atom. The first-order valence-corrected chi connectivity index (χ1v) is 20.4. The molecular formula is C41H75NO10. The highest BCUT2D eigenvalue weighted by Crippen LogP contribution is 2.23. The standard InChI is InChI=1S/C41H75NO10/c1-3-5-7-9-11-13-14-15-16-17-18-19-20-21-23-25-27-29-34(45)40(50)42-32(31-51-41-39(49)38(48)37(47)35(30-43)52-41)36(46)33(44)28-26-24-22-12-10-8-6-4-2/h4,6,12,18-19,22,32-39,41,43-49H,3,5,7-11,13-17,20-21,23-31H2,1-2H3,(H,42,50)/b6-4+,19-18-,22-12+. The molecule has 52 heavy (non-hydrogen) atoms. The second-order valence-corrected chi connectivity index (χ2v) is 14.3. The van der Waals surface area contributed by atoms with Gasteiger partial charge in [-0.25, -0.2) is 0 Å². The summed E-state index contributed by atoms with van der Waals surface area (Å²) >= 11 is 0. The van der Waals surface area contributed by atoms with E-state index in [4.69, 9.17) is 9.47 Å². The first-order valence-electron chi connectivity index (χ1n) is 20.4. The van der Waals surface area contributed by atoms with Gasteiger partial charge in [-0.3, -0.25) is 4.79 Å². The van der Waals surface area contributed by atoms with Crippen molar-refractivity contribution in [3.8, 4) is 0 Å². The molecule has 0 spiro atoms. The van der Waals surface area contributed by atoms with Crippen molar-refractivity contribution in [2.75, 3.05) is 13.2 Å². The van der Waals surface area contributed by atoms with E-state index in [0.29, 0.717) is 19.3 Å². The average Bonchev–Trinajstić information content (AvgIpc) is 3.14. The van der Waals surface area contributed by atoms with Crippen LogP contribution in [0.15, 0.2) is 36.5 Å². The van der Waals surface area contributed by atoms with Gasteiger partial charge in [0.15, 0.2) is 6.29 Å². The number of unbranched alkanes of at least 4 members (excludes halogenated alkanes) is 15. The second-order valence-electron chi connectivity index (χ2n) is 14.3. The predicted molar refractivity (Wildman–Crippen MR) is 205 cm³/mol. The van der Waals surface area contributed by atoms with E-state index in [1.807, 2.05) is 19.1 Å². The van der Waals surface area contributed by atoms with E-state index in [9.17, 15) is 40.5 Å². The number of ether oxygens (including phenoxy) is 2. The van der Waals surface area contributed by atoms with E-state index in [2.05, 4.69) is 36.5 Å². The molecule has 1 rings (SSSR count). The molecule has 1 aliphatic heterocycles. The largest absolute Gasteiger partial charge is 0.394 e. The van der Waals surface area contributed by atoms with Gasteiger partial charge in [-0.2, -0.15) is 0 Å². The number of amides is 1. The Morgan fingerprint density at radius 3 is 1.83 bits per heavy atom. The minimum Gasteiger partial charge on any atom is -0.394 e. The number of aliphatic hydroxyl groups is 7. The van der Waals surface area contributed by atoms with Crippen LogP contribution in [0.25, 0.3) is 0 Å². The molecule has 0 radical (unpaired) electrons. The van der Waals surface area contributed by atoms with Crippen molar-refractivity contribution in [3.05, 3.63) is 36.5 Å². The number of carbonyl (C=O) groups is 1. The maximum Gasteiger partial charge on any atom is 0.249 e. The maximum atomic E-state index is 13.0. The lowest BCUT2D eigenvalue weighted by Crippen LogP contribution is -2.60. The molecule has 0 aromatic rings. The van der Waals surface area contributed by atoms with Crippen LogP contribution in [0.1, 0.15) is 149 Å². The fourth-order valence-electron chi connectivity index (χ4n) is 6.28. The molecule has 1 aliphatic rings. The van der Waals surface area contributed by atoms with Crippen molar-refractivity contribution >= 4 is 5.91 Å². The van der Waals surface area contributed by atoms with Crippen LogP contribution in [0.5, 0.6) is 0 Å². The zero-order chi connectivity index (χ0) is 38.4. The van der Waals surface area contributed by atoms with Crippen molar-refractivity contribution in [1.29, 1.82) is 0 Å². The fraction of sp³-hybridized carbons (Fsp3) is 0.829. The van der Waals surface area contributed by atoms with Gasteiger partial charge in [0, 0.05) is 0 Å². The zero-order valence-electron chi connectivity index (χ0n) is 32.3. The number of aliphatic hydroxyl groups excluding tert-OH is 7. The summed E-state index contributed by atoms with van der Waals surface area (Å²) in [6.45, 7) is 3.14. The van der Waals surface area contributed by atoms with E-state index < -0.39 is 74.2 Å². The number of allylic oxidation sites excluding steroid dienone is 6. The van der Waals surface area contributed by atoms with Crippen molar-refractivity contribution in [2.45, 2.75) is 204 Å². The van der Waals surface area contributed by atoms with Crippen molar-refractivity contribution in [1.82, 2.24) is 5.32 Å². The lowest BCUT2D eigenvalue weighted by atomic mass is 9.98. The Bertz CT molecular complexity index is 945. The zero-order valence-corrected chi connectivity index (χ0v) is 32.3. The third-order valence-electron chi connectivity index (χ3n) is 9.74. The Balaban J connectivity index is 2.50. The molecule has 1 saturated heterocycles. The Hall–Kier alpha value is -1.67. The molecule has 1 amide bonds. The Kier molecular flexibility index (Phi) is 29.4. The number of hydrogen-bond donors (Lipinski definition) is 8. The van der Waals surface area contributed by atoms with Crippen LogP contribution in [0, 0.1) is 0 Å². The summed E-state index contributed by atoms with van der Waals surface area (Å²) in [7, 11) is 0. The van der Waals surface area contributed by atoms with E-state index >= 15 is 0 Å². The quantitative estimate of drug-likeness (QED) is 0.0333. The molecule has 1 fully saturated rings. The molecule has 11 heteroatoms. The van der Waals surface area contributed by atoms with Gasteiger partial charge in [0.1, 0.15) is 36.6 Å². The maximum absolute atomic E-state index is 13.0. The van der Waals surface area contributed by atoms with Crippen LogP contribution in [0.3, 0.4) is 0 Å². The molecule has 0 aliphatic carbocycles. The van der Waals surface area contributed by atoms with Crippen LogP contribution >= 0.6 is 0 Å². The minimum absolute atomic E-state index is 0.236. The van der Waals surface area contributed by atoms with E-state index in [1.54, 1.807) is 0 Å². The normalized spacial score (nSPS) is 23.4. The summed E-state index contributed by atoms with van der Waals surface area (Å²) in [4.78, 5) is 13.0. The van der Waals surface area contributed by atoms with Gasteiger partial charge in [0.05, 0.1) is 25.4 Å². The van der Waals surface area contributed by atoms with Crippen LogP contribution in [-0.4, -0.2) is 110 Å². The monoisotopic (exact) mass is 742 g/mol. The molecule has 9 unspecified atom stereocenters. The van der Waals surface area contributed by atoms with Gasteiger partial charge in [-0.1, -0.05) is 114 Å². The first-order chi connectivity index (χ1) is 25.2. The van der Waals surface area contributed by atoms with Crippen LogP contribution < -0.4 is 5.32 Å². The molecule has 1 heterocycles. The third-order valence-corrected chi connectivity index (χ3v) is 9.74. The highest BCUT2D eigenvalue weighted by atomic mass is 16.7. The van der Waals surface area contributed by atoms with E-state index in [1.165, 1.54) is 57.8 Å². The first kappa shape index (κ1) is 48.3. The molecule has 0 aromatic carbocycles. The Labute approximate surface area is 314 Å². The summed E-state index contributed by atoms with van der Waals surface area (Å²) in [6.07, 6.45) is 22.4. The Morgan fingerprint density at radius 1 is 0.692 bits per heavy atom. The summed E-state index contributed by atoms with van der Waals surface area (Å²) in [5.74, 6) is -0.725. The van der Waals surface area contributed by atoms with Crippen molar-refractivity contribution < 1.29 is 50.0 Å². The number of carbonyl (C=O) groups excluding carboxylic acids is 1.